The van der Waals surface area contributed by atoms with Gasteiger partial charge in [-0.3, -0.25) is 14.9 Å². The zero-order valence-corrected chi connectivity index (χ0v) is 13.6. The van der Waals surface area contributed by atoms with Crippen LogP contribution >= 0.6 is 0 Å². The Morgan fingerprint density at radius 3 is 2.50 bits per heavy atom. The number of amides is 1. The van der Waals surface area contributed by atoms with Gasteiger partial charge < -0.3 is 10.2 Å². The fourth-order valence-electron chi connectivity index (χ4n) is 3.15. The van der Waals surface area contributed by atoms with Crippen LogP contribution in [0.1, 0.15) is 36.6 Å². The van der Waals surface area contributed by atoms with Gasteiger partial charge in [0, 0.05) is 31.8 Å². The van der Waals surface area contributed by atoms with Gasteiger partial charge in [0.1, 0.15) is 0 Å². The van der Waals surface area contributed by atoms with Gasteiger partial charge in [-0.1, -0.05) is 30.3 Å². The third-order valence-electron chi connectivity index (χ3n) is 4.58. The van der Waals surface area contributed by atoms with Crippen LogP contribution in [-0.4, -0.2) is 22.8 Å². The molecule has 124 valence electrons. The predicted octanol–water partition coefficient (Wildman–Crippen LogP) is 3.67. The van der Waals surface area contributed by atoms with Crippen LogP contribution in [0.4, 0.5) is 11.4 Å². The van der Waals surface area contributed by atoms with Crippen molar-refractivity contribution >= 4 is 17.3 Å². The maximum Gasteiger partial charge on any atom is 0.269 e. The smallest absolute Gasteiger partial charge is 0.269 e. The van der Waals surface area contributed by atoms with Crippen molar-refractivity contribution in [3.8, 4) is 0 Å². The minimum Gasteiger partial charge on any atom is -0.378 e. The number of nitrogens with one attached hydrogen (secondary N) is 1. The normalized spacial score (nSPS) is 19.1. The van der Waals surface area contributed by atoms with Gasteiger partial charge in [-0.15, -0.1) is 0 Å². The first kappa shape index (κ1) is 16.0. The van der Waals surface area contributed by atoms with Gasteiger partial charge in [-0.2, -0.15) is 0 Å². The molecule has 1 heterocycles. The summed E-state index contributed by atoms with van der Waals surface area (Å²) in [5.74, 6) is 0.0131. The Bertz CT molecular complexity index is 773. The standard InChI is InChI=1S/C18H19N3O3/c1-12(22)20(2)18-11-17(19-16-6-4-3-5-15(16)18)13-7-9-14(10-8-13)21(23)24/h3-10,17-19H,11H2,1-2H3/t17-,18-/m0/s1. The molecule has 0 aromatic heterocycles. The van der Waals surface area contributed by atoms with E-state index in [1.807, 2.05) is 31.3 Å². The third-order valence-corrected chi connectivity index (χ3v) is 4.58. The van der Waals surface area contributed by atoms with Crippen molar-refractivity contribution in [2.24, 2.45) is 0 Å². The number of nitrogens with zero attached hydrogens (tertiary/aromatic N) is 2. The molecule has 6 heteroatoms. The second-order valence-corrected chi connectivity index (χ2v) is 6.01. The highest BCUT2D eigenvalue weighted by atomic mass is 16.6. The fraction of sp³-hybridized carbons (Fsp3) is 0.278. The Labute approximate surface area is 140 Å². The number of anilines is 1. The molecule has 0 saturated carbocycles. The predicted molar refractivity (Wildman–Crippen MR) is 91.7 cm³/mol. The van der Waals surface area contributed by atoms with E-state index >= 15 is 0 Å². The highest BCUT2D eigenvalue weighted by molar-refractivity contribution is 5.74. The van der Waals surface area contributed by atoms with E-state index in [2.05, 4.69) is 5.32 Å². The number of rotatable bonds is 3. The first-order chi connectivity index (χ1) is 11.5. The molecule has 2 aromatic carbocycles. The fourth-order valence-corrected chi connectivity index (χ4v) is 3.15. The number of carbonyl (C=O) groups excluding carboxylic acids is 1. The summed E-state index contributed by atoms with van der Waals surface area (Å²) in [5, 5.41) is 14.3. The van der Waals surface area contributed by atoms with Crippen LogP contribution in [0.5, 0.6) is 0 Å². The van der Waals surface area contributed by atoms with Crippen LogP contribution in [0.3, 0.4) is 0 Å². The number of benzene rings is 2. The number of nitro benzene ring substituents is 1. The monoisotopic (exact) mass is 325 g/mol. The maximum absolute atomic E-state index is 11.8. The minimum absolute atomic E-state index is 0.00694. The van der Waals surface area contributed by atoms with Crippen molar-refractivity contribution in [2.45, 2.75) is 25.4 Å². The largest absolute Gasteiger partial charge is 0.378 e. The van der Waals surface area contributed by atoms with E-state index in [9.17, 15) is 14.9 Å². The molecular formula is C18H19N3O3. The molecule has 6 nitrogen and oxygen atoms in total. The summed E-state index contributed by atoms with van der Waals surface area (Å²) >= 11 is 0. The molecule has 0 fully saturated rings. The average molecular weight is 325 g/mol. The van der Waals surface area contributed by atoms with Crippen molar-refractivity contribution in [3.63, 3.8) is 0 Å². The number of hydrogen-bond donors (Lipinski definition) is 1. The lowest BCUT2D eigenvalue weighted by molar-refractivity contribution is -0.384. The number of hydrogen-bond acceptors (Lipinski definition) is 4. The van der Waals surface area contributed by atoms with E-state index < -0.39 is 4.92 Å². The molecule has 0 aliphatic carbocycles. The lowest BCUT2D eigenvalue weighted by Gasteiger charge is -2.38. The van der Waals surface area contributed by atoms with Gasteiger partial charge in [0.2, 0.25) is 5.91 Å². The summed E-state index contributed by atoms with van der Waals surface area (Å²) in [6.45, 7) is 1.56. The Morgan fingerprint density at radius 1 is 1.21 bits per heavy atom. The molecule has 3 rings (SSSR count). The Morgan fingerprint density at radius 2 is 1.88 bits per heavy atom. The van der Waals surface area contributed by atoms with E-state index in [0.717, 1.165) is 16.8 Å². The van der Waals surface area contributed by atoms with Gasteiger partial charge in [0.15, 0.2) is 0 Å². The quantitative estimate of drug-likeness (QED) is 0.690. The van der Waals surface area contributed by atoms with E-state index in [1.165, 1.54) is 12.1 Å². The number of carbonyl (C=O) groups is 1. The zero-order chi connectivity index (χ0) is 17.3. The van der Waals surface area contributed by atoms with Gasteiger partial charge in [0.05, 0.1) is 17.0 Å². The lowest BCUT2D eigenvalue weighted by atomic mass is 9.88. The Balaban J connectivity index is 1.94. The molecule has 0 spiro atoms. The lowest BCUT2D eigenvalue weighted by Crippen LogP contribution is -2.34. The summed E-state index contributed by atoms with van der Waals surface area (Å²) in [7, 11) is 1.81. The molecular weight excluding hydrogens is 306 g/mol. The SMILES string of the molecule is CC(=O)N(C)[C@H]1C[C@@H](c2ccc([N+](=O)[O-])cc2)Nc2ccccc21. The molecule has 0 saturated heterocycles. The molecule has 1 N–H and O–H groups in total. The number of para-hydroxylation sites is 1. The van der Waals surface area contributed by atoms with Crippen LogP contribution in [0.2, 0.25) is 0 Å². The molecule has 2 atom stereocenters. The van der Waals surface area contributed by atoms with Crippen LogP contribution in [0.15, 0.2) is 48.5 Å². The highest BCUT2D eigenvalue weighted by Gasteiger charge is 2.31. The number of fused-ring (bicyclic) bond motifs is 1. The topological polar surface area (TPSA) is 75.5 Å². The Kier molecular flexibility index (Phi) is 4.20. The summed E-state index contributed by atoms with van der Waals surface area (Å²) < 4.78 is 0. The molecule has 24 heavy (non-hydrogen) atoms. The van der Waals surface area contributed by atoms with Gasteiger partial charge >= 0.3 is 0 Å². The Hall–Kier alpha value is -2.89. The number of nitro groups is 1. The summed E-state index contributed by atoms with van der Waals surface area (Å²) in [5.41, 5.74) is 3.13. The highest BCUT2D eigenvalue weighted by Crippen LogP contribution is 2.41. The summed E-state index contributed by atoms with van der Waals surface area (Å²) in [6.07, 6.45) is 0.713. The van der Waals surface area contributed by atoms with Crippen molar-refractivity contribution < 1.29 is 9.72 Å². The minimum atomic E-state index is -0.403. The number of non-ortho nitro benzene ring substituents is 1. The van der Waals surface area contributed by atoms with Crippen LogP contribution < -0.4 is 5.32 Å². The van der Waals surface area contributed by atoms with E-state index in [1.54, 1.807) is 24.0 Å². The molecule has 0 unspecified atom stereocenters. The molecule has 0 radical (unpaired) electrons. The van der Waals surface area contributed by atoms with Crippen LogP contribution in [0.25, 0.3) is 0 Å². The van der Waals surface area contributed by atoms with Gasteiger partial charge in [-0.05, 0) is 23.6 Å². The van der Waals surface area contributed by atoms with Gasteiger partial charge in [-0.25, -0.2) is 0 Å². The van der Waals surface area contributed by atoms with Crippen molar-refractivity contribution in [2.75, 3.05) is 12.4 Å². The molecule has 2 aromatic rings. The van der Waals surface area contributed by atoms with E-state index in [4.69, 9.17) is 0 Å². The second-order valence-electron chi connectivity index (χ2n) is 6.01. The summed E-state index contributed by atoms with van der Waals surface area (Å²) in [4.78, 5) is 24.0. The van der Waals surface area contributed by atoms with E-state index in [-0.39, 0.29) is 23.7 Å². The first-order valence-electron chi connectivity index (χ1n) is 7.80. The van der Waals surface area contributed by atoms with Crippen LogP contribution in [0, 0.1) is 10.1 Å². The average Bonchev–Trinajstić information content (AvgIpc) is 2.60. The van der Waals surface area contributed by atoms with E-state index in [0.29, 0.717) is 6.42 Å². The molecule has 1 aliphatic heterocycles. The van der Waals surface area contributed by atoms with Crippen molar-refractivity contribution in [1.29, 1.82) is 0 Å². The summed E-state index contributed by atoms with van der Waals surface area (Å²) in [6, 6.07) is 14.5. The second kappa shape index (κ2) is 6.31. The van der Waals surface area contributed by atoms with Crippen molar-refractivity contribution in [1.82, 2.24) is 4.90 Å². The van der Waals surface area contributed by atoms with Gasteiger partial charge in [0.25, 0.3) is 5.69 Å². The first-order valence-corrected chi connectivity index (χ1v) is 7.80. The van der Waals surface area contributed by atoms with Crippen LogP contribution in [-0.2, 0) is 4.79 Å². The van der Waals surface area contributed by atoms with Crippen molar-refractivity contribution in [3.05, 3.63) is 69.8 Å². The zero-order valence-electron chi connectivity index (χ0n) is 13.6. The maximum atomic E-state index is 11.8. The molecule has 1 aliphatic rings. The molecule has 0 bridgehead atoms. The molecule has 1 amide bonds. The third kappa shape index (κ3) is 2.95.